The van der Waals surface area contributed by atoms with Crippen molar-refractivity contribution in [2.24, 2.45) is 5.92 Å². The number of rotatable bonds is 5. The van der Waals surface area contributed by atoms with Crippen LogP contribution in [0.2, 0.25) is 0 Å². The number of ether oxygens (including phenoxy) is 1. The van der Waals surface area contributed by atoms with Crippen LogP contribution < -0.4 is 10.2 Å². The van der Waals surface area contributed by atoms with Crippen molar-refractivity contribution < 1.29 is 19.1 Å². The van der Waals surface area contributed by atoms with E-state index in [4.69, 9.17) is 4.74 Å². The fraction of sp³-hybridized carbons (Fsp3) is 0.375. The molecule has 7 heteroatoms. The van der Waals surface area contributed by atoms with E-state index in [9.17, 15) is 14.4 Å². The topological polar surface area (TPSA) is 79.0 Å². The summed E-state index contributed by atoms with van der Waals surface area (Å²) in [4.78, 5) is 42.0. The average molecular weight is 421 g/mol. The van der Waals surface area contributed by atoms with Crippen molar-refractivity contribution in [3.63, 3.8) is 0 Å². The number of hydrogen-bond acceptors (Lipinski definition) is 4. The van der Waals surface area contributed by atoms with Crippen LogP contribution in [0.15, 0.2) is 48.5 Å². The maximum Gasteiger partial charge on any atom is 0.256 e. The van der Waals surface area contributed by atoms with E-state index in [0.29, 0.717) is 44.1 Å². The van der Waals surface area contributed by atoms with Crippen molar-refractivity contribution in [3.8, 4) is 0 Å². The first-order valence-corrected chi connectivity index (χ1v) is 10.7. The summed E-state index contributed by atoms with van der Waals surface area (Å²) in [6.45, 7) is 4.47. The Morgan fingerprint density at radius 2 is 1.77 bits per heavy atom. The van der Waals surface area contributed by atoms with Crippen LogP contribution in [0, 0.1) is 5.92 Å². The Morgan fingerprint density at radius 1 is 1.06 bits per heavy atom. The van der Waals surface area contributed by atoms with Crippen molar-refractivity contribution in [1.82, 2.24) is 4.90 Å². The first-order chi connectivity index (χ1) is 15.1. The van der Waals surface area contributed by atoms with Crippen molar-refractivity contribution >= 4 is 29.1 Å². The van der Waals surface area contributed by atoms with E-state index in [2.05, 4.69) is 5.32 Å². The molecular weight excluding hydrogens is 394 g/mol. The molecule has 3 amide bonds. The van der Waals surface area contributed by atoms with Crippen LogP contribution in [0.4, 0.5) is 11.4 Å². The minimum absolute atomic E-state index is 0.0567. The lowest BCUT2D eigenvalue weighted by atomic mass is 10.1. The van der Waals surface area contributed by atoms with Gasteiger partial charge in [0.25, 0.3) is 5.91 Å². The average Bonchev–Trinajstić information content (AvgIpc) is 3.21. The molecule has 1 unspecified atom stereocenters. The largest absolute Gasteiger partial charge is 0.378 e. The molecule has 2 heterocycles. The molecule has 2 aliphatic heterocycles. The third-order valence-corrected chi connectivity index (χ3v) is 5.87. The summed E-state index contributed by atoms with van der Waals surface area (Å²) >= 11 is 0. The highest BCUT2D eigenvalue weighted by Gasteiger charge is 2.36. The van der Waals surface area contributed by atoms with E-state index in [0.717, 1.165) is 17.7 Å². The minimum atomic E-state index is -0.469. The maximum atomic E-state index is 13.0. The second kappa shape index (κ2) is 9.31. The molecule has 0 spiro atoms. The molecule has 0 saturated carbocycles. The van der Waals surface area contributed by atoms with Crippen molar-refractivity contribution in [3.05, 3.63) is 59.7 Å². The van der Waals surface area contributed by atoms with E-state index < -0.39 is 5.92 Å². The minimum Gasteiger partial charge on any atom is -0.378 e. The predicted octanol–water partition coefficient (Wildman–Crippen LogP) is 2.71. The van der Waals surface area contributed by atoms with Gasteiger partial charge in [0.05, 0.1) is 30.4 Å². The fourth-order valence-corrected chi connectivity index (χ4v) is 4.14. The predicted molar refractivity (Wildman–Crippen MR) is 118 cm³/mol. The lowest BCUT2D eigenvalue weighted by Crippen LogP contribution is -2.41. The molecule has 31 heavy (non-hydrogen) atoms. The van der Waals surface area contributed by atoms with Crippen molar-refractivity contribution in [2.45, 2.75) is 19.8 Å². The Balaban J connectivity index is 1.48. The molecule has 2 fully saturated rings. The summed E-state index contributed by atoms with van der Waals surface area (Å²) in [5, 5.41) is 2.90. The number of nitrogens with zero attached hydrogens (tertiary/aromatic N) is 2. The molecule has 0 bridgehead atoms. The quantitative estimate of drug-likeness (QED) is 0.805. The number of amides is 3. The van der Waals surface area contributed by atoms with Gasteiger partial charge in [-0.2, -0.15) is 0 Å². The zero-order valence-corrected chi connectivity index (χ0v) is 17.7. The summed E-state index contributed by atoms with van der Waals surface area (Å²) in [6.07, 6.45) is 0.970. The van der Waals surface area contributed by atoms with E-state index >= 15 is 0 Å². The van der Waals surface area contributed by atoms with Gasteiger partial charge in [0, 0.05) is 31.7 Å². The van der Waals surface area contributed by atoms with Gasteiger partial charge in [-0.15, -0.1) is 0 Å². The number of anilines is 2. The number of carbonyl (C=O) groups excluding carboxylic acids is 3. The van der Waals surface area contributed by atoms with Gasteiger partial charge in [0.1, 0.15) is 0 Å². The monoisotopic (exact) mass is 421 g/mol. The molecule has 0 radical (unpaired) electrons. The number of morpholine rings is 1. The molecule has 2 aromatic rings. The Kier molecular flexibility index (Phi) is 6.32. The van der Waals surface area contributed by atoms with Crippen molar-refractivity contribution in [2.75, 3.05) is 43.1 Å². The molecule has 162 valence electrons. The number of para-hydroxylation sites is 2. The summed E-state index contributed by atoms with van der Waals surface area (Å²) < 4.78 is 5.32. The number of hydrogen-bond donors (Lipinski definition) is 1. The van der Waals surface area contributed by atoms with Gasteiger partial charge in [-0.25, -0.2) is 0 Å². The zero-order valence-electron chi connectivity index (χ0n) is 17.7. The number of aryl methyl sites for hydroxylation is 1. The first kappa shape index (κ1) is 21.1. The van der Waals surface area contributed by atoms with E-state index in [1.807, 2.05) is 31.2 Å². The molecule has 2 aliphatic rings. The third-order valence-electron chi connectivity index (χ3n) is 5.87. The molecule has 1 atom stereocenters. The van der Waals surface area contributed by atoms with Gasteiger partial charge in [-0.1, -0.05) is 37.3 Å². The highest BCUT2D eigenvalue weighted by atomic mass is 16.5. The number of nitrogens with one attached hydrogen (secondary N) is 1. The molecule has 1 N–H and O–H groups in total. The summed E-state index contributed by atoms with van der Waals surface area (Å²) in [6, 6.07) is 14.8. The van der Waals surface area contributed by atoms with Gasteiger partial charge in [0.2, 0.25) is 11.8 Å². The standard InChI is InChI=1S/C24H27N3O4/c1-2-17-7-3-6-10-21(17)27-16-18(15-22(27)28)23(29)25-20-9-5-4-8-19(20)24(30)26-11-13-31-14-12-26/h3-10,18H,2,11-16H2,1H3,(H,25,29). The summed E-state index contributed by atoms with van der Waals surface area (Å²) in [7, 11) is 0. The molecule has 2 saturated heterocycles. The van der Waals surface area contributed by atoms with Crippen LogP contribution in [0.3, 0.4) is 0 Å². The Bertz CT molecular complexity index is 984. The van der Waals surface area contributed by atoms with E-state index in [1.54, 1.807) is 34.1 Å². The Hall–Kier alpha value is -3.19. The normalized spacial score (nSPS) is 18.9. The van der Waals surface area contributed by atoms with E-state index in [1.165, 1.54) is 0 Å². The van der Waals surface area contributed by atoms with Crippen LogP contribution in [-0.2, 0) is 20.7 Å². The highest BCUT2D eigenvalue weighted by molar-refractivity contribution is 6.07. The van der Waals surface area contributed by atoms with Gasteiger partial charge in [-0.05, 0) is 30.2 Å². The Morgan fingerprint density at radius 3 is 2.55 bits per heavy atom. The molecule has 0 aromatic heterocycles. The lowest BCUT2D eigenvalue weighted by Gasteiger charge is -2.27. The van der Waals surface area contributed by atoms with Crippen LogP contribution in [0.1, 0.15) is 29.3 Å². The molecule has 4 rings (SSSR count). The second-order valence-corrected chi connectivity index (χ2v) is 7.83. The van der Waals surface area contributed by atoms with Gasteiger partial charge < -0.3 is 19.9 Å². The number of carbonyl (C=O) groups is 3. The first-order valence-electron chi connectivity index (χ1n) is 10.7. The van der Waals surface area contributed by atoms with Crippen LogP contribution in [-0.4, -0.2) is 55.5 Å². The second-order valence-electron chi connectivity index (χ2n) is 7.83. The van der Waals surface area contributed by atoms with Gasteiger partial charge in [-0.3, -0.25) is 14.4 Å². The van der Waals surface area contributed by atoms with E-state index in [-0.39, 0.29) is 24.1 Å². The smallest absolute Gasteiger partial charge is 0.256 e. The molecule has 7 nitrogen and oxygen atoms in total. The fourth-order valence-electron chi connectivity index (χ4n) is 4.14. The number of benzene rings is 2. The highest BCUT2D eigenvalue weighted by Crippen LogP contribution is 2.29. The van der Waals surface area contributed by atoms with Gasteiger partial charge >= 0.3 is 0 Å². The Labute approximate surface area is 182 Å². The SMILES string of the molecule is CCc1ccccc1N1CC(C(=O)Nc2ccccc2C(=O)N2CCOCC2)CC1=O. The molecule has 0 aliphatic carbocycles. The van der Waals surface area contributed by atoms with Gasteiger partial charge in [0.15, 0.2) is 0 Å². The van der Waals surface area contributed by atoms with Crippen molar-refractivity contribution in [1.29, 1.82) is 0 Å². The van der Waals surface area contributed by atoms with Crippen LogP contribution in [0.25, 0.3) is 0 Å². The maximum absolute atomic E-state index is 13.0. The summed E-state index contributed by atoms with van der Waals surface area (Å²) in [5.41, 5.74) is 2.88. The zero-order chi connectivity index (χ0) is 21.8. The third kappa shape index (κ3) is 4.46. The molecular formula is C24H27N3O4. The van der Waals surface area contributed by atoms with Crippen LogP contribution in [0.5, 0.6) is 0 Å². The van der Waals surface area contributed by atoms with Crippen LogP contribution >= 0.6 is 0 Å². The lowest BCUT2D eigenvalue weighted by molar-refractivity contribution is -0.122. The summed E-state index contributed by atoms with van der Waals surface area (Å²) in [5.74, 6) is -0.894. The molecule has 2 aromatic carbocycles.